The van der Waals surface area contributed by atoms with Crippen LogP contribution in [-0.4, -0.2) is 68.3 Å². The number of esters is 2. The number of phosphoric acid groups is 1. The van der Waals surface area contributed by atoms with Crippen molar-refractivity contribution in [1.82, 2.24) is 4.90 Å². The molecule has 10 heteroatoms. The van der Waals surface area contributed by atoms with E-state index in [1.807, 2.05) is 19.0 Å². The van der Waals surface area contributed by atoms with Gasteiger partial charge in [0.2, 0.25) is 0 Å². The topological polar surface area (TPSA) is 112 Å². The van der Waals surface area contributed by atoms with Crippen LogP contribution in [-0.2, 0) is 32.7 Å². The zero-order valence-corrected chi connectivity index (χ0v) is 38.2. The van der Waals surface area contributed by atoms with E-state index in [-0.39, 0.29) is 32.0 Å². The highest BCUT2D eigenvalue weighted by Crippen LogP contribution is 2.43. The summed E-state index contributed by atoms with van der Waals surface area (Å²) in [6.07, 6.45) is 46.1. The van der Waals surface area contributed by atoms with Gasteiger partial charge in [0.25, 0.3) is 0 Å². The molecule has 2 atom stereocenters. The lowest BCUT2D eigenvalue weighted by atomic mass is 10.1. The standard InChI is InChI=1S/C47H88NO8P/c1-5-7-9-11-13-15-17-19-21-22-23-24-26-28-30-32-34-36-38-40-47(50)56-45(44-55-57(51,52)54-42-41-48(3)4)43-53-46(49)39-37-35-33-31-29-27-25-20-18-16-14-12-10-8-6-2/h13,15,19-21,25,45H,5-12,14,16-18,22-24,26-44H2,1-4H3,(H,51,52)/b15-13-,21-19-,25-20-. The number of ether oxygens (including phenoxy) is 2. The van der Waals surface area contributed by atoms with E-state index in [2.05, 4.69) is 50.3 Å². The van der Waals surface area contributed by atoms with E-state index in [0.717, 1.165) is 70.6 Å². The van der Waals surface area contributed by atoms with Gasteiger partial charge in [0.15, 0.2) is 6.10 Å². The van der Waals surface area contributed by atoms with Gasteiger partial charge < -0.3 is 19.3 Å². The molecule has 0 bridgehead atoms. The highest BCUT2D eigenvalue weighted by molar-refractivity contribution is 7.47. The molecular formula is C47H88NO8P. The van der Waals surface area contributed by atoms with Gasteiger partial charge in [0.05, 0.1) is 13.2 Å². The number of allylic oxidation sites excluding steroid dienone is 6. The lowest BCUT2D eigenvalue weighted by Crippen LogP contribution is -2.29. The Morgan fingerprint density at radius 3 is 1.44 bits per heavy atom. The first-order chi connectivity index (χ1) is 27.7. The number of carbonyl (C=O) groups is 2. The van der Waals surface area contributed by atoms with Crippen LogP contribution in [0, 0.1) is 0 Å². The Balaban J connectivity index is 4.26. The minimum atomic E-state index is -4.37. The second-order valence-corrected chi connectivity index (χ2v) is 17.4. The largest absolute Gasteiger partial charge is 0.472 e. The molecule has 0 aromatic carbocycles. The molecule has 0 aromatic heterocycles. The maximum absolute atomic E-state index is 12.7. The molecule has 0 aromatic rings. The molecule has 0 fully saturated rings. The summed E-state index contributed by atoms with van der Waals surface area (Å²) in [5, 5.41) is 0. The number of rotatable bonds is 43. The third-order valence-electron chi connectivity index (χ3n) is 9.92. The summed E-state index contributed by atoms with van der Waals surface area (Å²) in [5.41, 5.74) is 0. The molecule has 0 aliphatic heterocycles. The van der Waals surface area contributed by atoms with Crippen LogP contribution in [0.4, 0.5) is 0 Å². The Morgan fingerprint density at radius 2 is 0.947 bits per heavy atom. The molecule has 0 radical (unpaired) electrons. The Labute approximate surface area is 350 Å². The van der Waals surface area contributed by atoms with Crippen LogP contribution < -0.4 is 0 Å². The first-order valence-electron chi connectivity index (χ1n) is 23.3. The number of unbranched alkanes of at least 4 members (excludes halogenated alkanes) is 23. The van der Waals surface area contributed by atoms with Crippen molar-refractivity contribution < 1.29 is 37.6 Å². The fourth-order valence-corrected chi connectivity index (χ4v) is 7.04. The van der Waals surface area contributed by atoms with Gasteiger partial charge in [-0.15, -0.1) is 0 Å². The maximum atomic E-state index is 12.7. The minimum Gasteiger partial charge on any atom is -0.462 e. The summed E-state index contributed by atoms with van der Waals surface area (Å²) in [6.45, 7) is 4.29. The predicted molar refractivity (Wildman–Crippen MR) is 238 cm³/mol. The zero-order chi connectivity index (χ0) is 41.9. The van der Waals surface area contributed by atoms with Crippen LogP contribution in [0.25, 0.3) is 0 Å². The third-order valence-corrected chi connectivity index (χ3v) is 10.9. The normalized spacial score (nSPS) is 13.6. The van der Waals surface area contributed by atoms with E-state index in [0.29, 0.717) is 13.0 Å². The quantitative estimate of drug-likeness (QED) is 0.0278. The van der Waals surface area contributed by atoms with Crippen molar-refractivity contribution in [2.75, 3.05) is 40.5 Å². The van der Waals surface area contributed by atoms with Crippen LogP contribution in [0.5, 0.6) is 0 Å². The molecule has 0 aliphatic carbocycles. The molecule has 0 amide bonds. The summed E-state index contributed by atoms with van der Waals surface area (Å²) in [5.74, 6) is -0.813. The number of carbonyl (C=O) groups excluding carboxylic acids is 2. The van der Waals surface area contributed by atoms with Gasteiger partial charge in [0, 0.05) is 19.4 Å². The summed E-state index contributed by atoms with van der Waals surface area (Å²) < 4.78 is 33.5. The maximum Gasteiger partial charge on any atom is 0.472 e. The summed E-state index contributed by atoms with van der Waals surface area (Å²) >= 11 is 0. The van der Waals surface area contributed by atoms with Gasteiger partial charge >= 0.3 is 19.8 Å². The van der Waals surface area contributed by atoms with Crippen molar-refractivity contribution in [2.45, 2.75) is 213 Å². The Kier molecular flexibility index (Phi) is 41.0. The fourth-order valence-electron chi connectivity index (χ4n) is 6.30. The highest BCUT2D eigenvalue weighted by Gasteiger charge is 2.26. The lowest BCUT2D eigenvalue weighted by Gasteiger charge is -2.20. The molecule has 0 heterocycles. The van der Waals surface area contributed by atoms with Crippen molar-refractivity contribution in [1.29, 1.82) is 0 Å². The van der Waals surface area contributed by atoms with Crippen molar-refractivity contribution in [3.8, 4) is 0 Å². The first kappa shape index (κ1) is 55.2. The molecule has 0 spiro atoms. The summed E-state index contributed by atoms with van der Waals surface area (Å²) in [6, 6.07) is 0. The fraction of sp³-hybridized carbons (Fsp3) is 0.830. The monoisotopic (exact) mass is 826 g/mol. The first-order valence-corrected chi connectivity index (χ1v) is 24.8. The SMILES string of the molecule is CCCCC/C=C\C/C=C\CCCCCCCCCCCC(=O)OC(COC(=O)CCCCCCC/C=C\CCCCCCCC)COP(=O)(O)OCCN(C)C. The average molecular weight is 826 g/mol. The van der Waals surface area contributed by atoms with Crippen molar-refractivity contribution in [3.05, 3.63) is 36.5 Å². The van der Waals surface area contributed by atoms with Crippen LogP contribution in [0.2, 0.25) is 0 Å². The number of hydrogen-bond acceptors (Lipinski definition) is 8. The molecular weight excluding hydrogens is 737 g/mol. The van der Waals surface area contributed by atoms with Crippen LogP contribution in [0.3, 0.4) is 0 Å². The predicted octanol–water partition coefficient (Wildman–Crippen LogP) is 13.5. The summed E-state index contributed by atoms with van der Waals surface area (Å²) in [4.78, 5) is 37.1. The minimum absolute atomic E-state index is 0.00530. The van der Waals surface area contributed by atoms with E-state index < -0.39 is 26.5 Å². The van der Waals surface area contributed by atoms with Gasteiger partial charge in [-0.25, -0.2) is 4.57 Å². The number of likely N-dealkylation sites (N-methyl/N-ethyl adjacent to an activating group) is 1. The molecule has 1 N–H and O–H groups in total. The lowest BCUT2D eigenvalue weighted by molar-refractivity contribution is -0.161. The Bertz CT molecular complexity index is 1050. The third kappa shape index (κ3) is 43.6. The van der Waals surface area contributed by atoms with Crippen LogP contribution in [0.1, 0.15) is 206 Å². The molecule has 2 unspecified atom stereocenters. The van der Waals surface area contributed by atoms with Gasteiger partial charge in [-0.3, -0.25) is 18.6 Å². The average Bonchev–Trinajstić information content (AvgIpc) is 3.18. The van der Waals surface area contributed by atoms with Crippen molar-refractivity contribution in [2.24, 2.45) is 0 Å². The number of nitrogens with zero attached hydrogens (tertiary/aromatic N) is 1. The second kappa shape index (κ2) is 42.4. The van der Waals surface area contributed by atoms with Crippen LogP contribution >= 0.6 is 7.82 Å². The molecule has 334 valence electrons. The Hall–Kier alpha value is -1.77. The Morgan fingerprint density at radius 1 is 0.544 bits per heavy atom. The van der Waals surface area contributed by atoms with Crippen molar-refractivity contribution in [3.63, 3.8) is 0 Å². The van der Waals surface area contributed by atoms with Gasteiger partial charge in [0.1, 0.15) is 6.61 Å². The van der Waals surface area contributed by atoms with Crippen molar-refractivity contribution >= 4 is 19.8 Å². The highest BCUT2D eigenvalue weighted by atomic mass is 31.2. The number of hydrogen-bond donors (Lipinski definition) is 1. The van der Waals surface area contributed by atoms with Gasteiger partial charge in [-0.05, 0) is 84.7 Å². The zero-order valence-electron chi connectivity index (χ0n) is 37.3. The molecule has 0 saturated carbocycles. The van der Waals surface area contributed by atoms with E-state index in [1.54, 1.807) is 0 Å². The second-order valence-electron chi connectivity index (χ2n) is 15.9. The smallest absolute Gasteiger partial charge is 0.462 e. The van der Waals surface area contributed by atoms with Gasteiger partial charge in [-0.2, -0.15) is 0 Å². The van der Waals surface area contributed by atoms with E-state index >= 15 is 0 Å². The number of phosphoric ester groups is 1. The molecule has 0 saturated heterocycles. The molecule has 0 aliphatic rings. The van der Waals surface area contributed by atoms with Crippen LogP contribution in [0.15, 0.2) is 36.5 Å². The van der Waals surface area contributed by atoms with E-state index in [1.165, 1.54) is 103 Å². The molecule has 57 heavy (non-hydrogen) atoms. The van der Waals surface area contributed by atoms with E-state index in [4.69, 9.17) is 18.5 Å². The van der Waals surface area contributed by atoms with Gasteiger partial charge in [-0.1, -0.05) is 159 Å². The summed E-state index contributed by atoms with van der Waals surface area (Å²) in [7, 11) is -0.716. The molecule has 0 rings (SSSR count). The van der Waals surface area contributed by atoms with E-state index in [9.17, 15) is 19.0 Å². The molecule has 9 nitrogen and oxygen atoms in total.